The minimum absolute atomic E-state index is 0.00631. The predicted octanol–water partition coefficient (Wildman–Crippen LogP) is 3.73. The van der Waals surface area contributed by atoms with Crippen LogP contribution in [0.15, 0.2) is 53.6 Å². The first kappa shape index (κ1) is 28.1. The lowest BCUT2D eigenvalue weighted by Crippen LogP contribution is -2.47. The van der Waals surface area contributed by atoms with Crippen LogP contribution in [0.2, 0.25) is 0 Å². The molecule has 0 bridgehead atoms. The van der Waals surface area contributed by atoms with Crippen molar-refractivity contribution < 1.29 is 23.8 Å². The van der Waals surface area contributed by atoms with E-state index in [1.54, 1.807) is 24.1 Å². The van der Waals surface area contributed by atoms with Crippen molar-refractivity contribution in [1.82, 2.24) is 14.8 Å². The van der Waals surface area contributed by atoms with Gasteiger partial charge in [-0.1, -0.05) is 25.0 Å². The van der Waals surface area contributed by atoms with Gasteiger partial charge in [0.15, 0.2) is 0 Å². The van der Waals surface area contributed by atoms with E-state index in [0.717, 1.165) is 73.7 Å². The molecule has 0 aromatic heterocycles. The molecule has 2 fully saturated rings. The number of hydrogen-bond acceptors (Lipinski definition) is 7. The second-order valence-electron chi connectivity index (χ2n) is 10.7. The summed E-state index contributed by atoms with van der Waals surface area (Å²) in [7, 11) is 3.28. The summed E-state index contributed by atoms with van der Waals surface area (Å²) < 4.78 is 16.1. The van der Waals surface area contributed by atoms with Gasteiger partial charge in [-0.25, -0.2) is 5.01 Å². The van der Waals surface area contributed by atoms with Crippen molar-refractivity contribution in [2.45, 2.75) is 38.1 Å². The third kappa shape index (κ3) is 6.64. The summed E-state index contributed by atoms with van der Waals surface area (Å²) in [6.07, 6.45) is 4.53. The van der Waals surface area contributed by atoms with Crippen molar-refractivity contribution in [3.63, 3.8) is 0 Å². The van der Waals surface area contributed by atoms with Crippen LogP contribution in [0.3, 0.4) is 0 Å². The molecule has 214 valence electrons. The van der Waals surface area contributed by atoms with Gasteiger partial charge in [-0.05, 0) is 60.4 Å². The van der Waals surface area contributed by atoms with Crippen LogP contribution in [0.5, 0.6) is 11.5 Å². The number of carbonyl (C=O) groups is 2. The monoisotopic (exact) mass is 548 g/mol. The smallest absolute Gasteiger partial charge is 0.262 e. The zero-order valence-corrected chi connectivity index (χ0v) is 23.6. The zero-order valence-electron chi connectivity index (χ0n) is 23.6. The van der Waals surface area contributed by atoms with E-state index >= 15 is 0 Å². The number of ether oxygens (including phenoxy) is 3. The SMILES string of the molecule is COc1ccc(C2=NN(C(=O)CN(CCN3CCOCC3)C(=O)C3CCCC3)C(c3ccc(OC)cc3)C2)cc1. The molecule has 1 aliphatic carbocycles. The molecule has 3 aliphatic rings. The van der Waals surface area contributed by atoms with Gasteiger partial charge in [-0.15, -0.1) is 0 Å². The highest BCUT2D eigenvalue weighted by atomic mass is 16.5. The Labute approximate surface area is 236 Å². The number of nitrogens with zero attached hydrogens (tertiary/aromatic N) is 4. The first-order valence-electron chi connectivity index (χ1n) is 14.3. The maximum Gasteiger partial charge on any atom is 0.262 e. The van der Waals surface area contributed by atoms with Crippen LogP contribution in [0.4, 0.5) is 0 Å². The largest absolute Gasteiger partial charge is 0.497 e. The van der Waals surface area contributed by atoms with Crippen molar-refractivity contribution >= 4 is 17.5 Å². The van der Waals surface area contributed by atoms with Gasteiger partial charge < -0.3 is 19.1 Å². The molecule has 2 aromatic carbocycles. The highest BCUT2D eigenvalue weighted by Gasteiger charge is 2.36. The summed E-state index contributed by atoms with van der Waals surface area (Å²) >= 11 is 0. The highest BCUT2D eigenvalue weighted by Crippen LogP contribution is 2.34. The summed E-state index contributed by atoms with van der Waals surface area (Å²) in [4.78, 5) is 31.6. The second kappa shape index (κ2) is 13.3. The molecule has 1 saturated carbocycles. The van der Waals surface area contributed by atoms with Crippen molar-refractivity contribution in [2.24, 2.45) is 11.0 Å². The normalized spacial score (nSPS) is 19.9. The molecule has 9 nitrogen and oxygen atoms in total. The van der Waals surface area contributed by atoms with E-state index in [2.05, 4.69) is 4.90 Å². The number of methoxy groups -OCH3 is 2. The molecule has 5 rings (SSSR count). The standard InChI is InChI=1S/C31H40N4O5/c1-38-26-11-7-23(8-12-26)28-21-29(24-9-13-27(39-2)14-10-24)35(32-28)30(36)22-34(31(37)25-5-3-4-6-25)16-15-33-17-19-40-20-18-33/h7-14,25,29H,3-6,15-22H2,1-2H3. The van der Waals surface area contributed by atoms with Crippen molar-refractivity contribution in [2.75, 3.05) is 60.2 Å². The van der Waals surface area contributed by atoms with Crippen molar-refractivity contribution in [1.29, 1.82) is 0 Å². The minimum Gasteiger partial charge on any atom is -0.497 e. The first-order valence-corrected chi connectivity index (χ1v) is 14.3. The topological polar surface area (TPSA) is 83.9 Å². The number of morpholine rings is 1. The molecule has 9 heteroatoms. The van der Waals surface area contributed by atoms with E-state index in [1.165, 1.54) is 0 Å². The Hall–Kier alpha value is -3.43. The van der Waals surface area contributed by atoms with Gasteiger partial charge in [0, 0.05) is 38.5 Å². The average Bonchev–Trinajstić information content (AvgIpc) is 3.71. The van der Waals surface area contributed by atoms with E-state index in [1.807, 2.05) is 48.5 Å². The molecule has 2 aliphatic heterocycles. The molecule has 0 spiro atoms. The Morgan fingerprint density at radius 3 is 2.20 bits per heavy atom. The fourth-order valence-electron chi connectivity index (χ4n) is 5.80. The lowest BCUT2D eigenvalue weighted by atomic mass is 9.98. The Kier molecular flexibility index (Phi) is 9.34. The van der Waals surface area contributed by atoms with Gasteiger partial charge in [0.1, 0.15) is 18.0 Å². The second-order valence-corrected chi connectivity index (χ2v) is 10.7. The Morgan fingerprint density at radius 1 is 0.950 bits per heavy atom. The number of hydrogen-bond donors (Lipinski definition) is 0. The molecule has 0 radical (unpaired) electrons. The maximum atomic E-state index is 14.0. The summed E-state index contributed by atoms with van der Waals surface area (Å²) in [5.74, 6) is 1.46. The predicted molar refractivity (Wildman–Crippen MR) is 153 cm³/mol. The fourth-order valence-corrected chi connectivity index (χ4v) is 5.80. The van der Waals surface area contributed by atoms with Crippen LogP contribution in [0.25, 0.3) is 0 Å². The van der Waals surface area contributed by atoms with Gasteiger partial charge in [0.25, 0.3) is 5.91 Å². The third-order valence-electron chi connectivity index (χ3n) is 8.22. The number of benzene rings is 2. The van der Waals surface area contributed by atoms with Crippen LogP contribution in [0, 0.1) is 5.92 Å². The molecule has 1 saturated heterocycles. The molecule has 1 unspecified atom stereocenters. The van der Waals surface area contributed by atoms with E-state index in [9.17, 15) is 9.59 Å². The van der Waals surface area contributed by atoms with Crippen LogP contribution in [-0.4, -0.2) is 92.5 Å². The van der Waals surface area contributed by atoms with Gasteiger partial charge in [-0.2, -0.15) is 5.10 Å². The van der Waals surface area contributed by atoms with Crippen LogP contribution < -0.4 is 9.47 Å². The molecule has 2 amide bonds. The quantitative estimate of drug-likeness (QED) is 0.450. The fraction of sp³-hybridized carbons (Fsp3) is 0.516. The highest BCUT2D eigenvalue weighted by molar-refractivity contribution is 6.03. The van der Waals surface area contributed by atoms with Crippen molar-refractivity contribution in [3.8, 4) is 11.5 Å². The first-order chi connectivity index (χ1) is 19.6. The minimum atomic E-state index is -0.266. The van der Waals surface area contributed by atoms with E-state index < -0.39 is 0 Å². The molecular weight excluding hydrogens is 508 g/mol. The van der Waals surface area contributed by atoms with Gasteiger partial charge in [-0.3, -0.25) is 14.5 Å². The molecule has 1 atom stereocenters. The number of amides is 2. The van der Waals surface area contributed by atoms with Gasteiger partial charge in [0.05, 0.1) is 39.2 Å². The maximum absolute atomic E-state index is 14.0. The summed E-state index contributed by atoms with van der Waals surface area (Å²) in [6.45, 7) is 4.38. The zero-order chi connectivity index (χ0) is 27.9. The Morgan fingerprint density at radius 2 is 1.57 bits per heavy atom. The lowest BCUT2D eigenvalue weighted by Gasteiger charge is -2.32. The summed E-state index contributed by atoms with van der Waals surface area (Å²) in [5, 5.41) is 6.43. The van der Waals surface area contributed by atoms with E-state index in [0.29, 0.717) is 26.2 Å². The number of carbonyl (C=O) groups excluding carboxylic acids is 2. The van der Waals surface area contributed by atoms with Crippen LogP contribution in [-0.2, 0) is 14.3 Å². The Bertz CT molecular complexity index is 1170. The molecule has 40 heavy (non-hydrogen) atoms. The van der Waals surface area contributed by atoms with Gasteiger partial charge >= 0.3 is 0 Å². The molecule has 2 aromatic rings. The summed E-state index contributed by atoms with van der Waals surface area (Å²) in [6, 6.07) is 15.2. The van der Waals surface area contributed by atoms with Crippen LogP contribution >= 0.6 is 0 Å². The number of rotatable bonds is 10. The molecule has 0 N–H and O–H groups in total. The third-order valence-corrected chi connectivity index (χ3v) is 8.22. The number of hydrazone groups is 1. The molecular formula is C31H40N4O5. The lowest BCUT2D eigenvalue weighted by molar-refractivity contribution is -0.144. The van der Waals surface area contributed by atoms with E-state index in [4.69, 9.17) is 19.3 Å². The summed E-state index contributed by atoms with van der Waals surface area (Å²) in [5.41, 5.74) is 2.75. The Balaban J connectivity index is 1.37. The van der Waals surface area contributed by atoms with E-state index in [-0.39, 0.29) is 30.3 Å². The molecule has 2 heterocycles. The average molecular weight is 549 g/mol. The van der Waals surface area contributed by atoms with Crippen molar-refractivity contribution in [3.05, 3.63) is 59.7 Å². The van der Waals surface area contributed by atoms with Gasteiger partial charge in [0.2, 0.25) is 5.91 Å². The van der Waals surface area contributed by atoms with Crippen LogP contribution in [0.1, 0.15) is 49.3 Å².